The van der Waals surface area contributed by atoms with Crippen LogP contribution < -0.4 is 15.8 Å². The molecule has 3 heterocycles. The van der Waals surface area contributed by atoms with E-state index in [4.69, 9.17) is 14.0 Å². The highest BCUT2D eigenvalue weighted by Crippen LogP contribution is 2.36. The number of ether oxygens (including phenoxy) is 1. The second kappa shape index (κ2) is 10.0. The summed E-state index contributed by atoms with van der Waals surface area (Å²) in [6.45, 7) is 8.79. The summed E-state index contributed by atoms with van der Waals surface area (Å²) in [5.41, 5.74) is 2.46. The van der Waals surface area contributed by atoms with E-state index in [2.05, 4.69) is 53.8 Å². The van der Waals surface area contributed by atoms with Crippen LogP contribution in [0.15, 0.2) is 76.3 Å². The minimum absolute atomic E-state index is 0.0102. The van der Waals surface area contributed by atoms with Crippen molar-refractivity contribution in [3.05, 3.63) is 87.4 Å². The SMILES string of the molecule is CC1(C)OB(c2ccc3cn[nH]c3c2)OC1(C)C.COc1ccc(Cn2cc(Br)ccc2=O)cc1. The molecule has 35 heavy (non-hydrogen) atoms. The molecule has 0 amide bonds. The van der Waals surface area contributed by atoms with Crippen LogP contribution in [0.25, 0.3) is 10.9 Å². The molecular weight excluding hydrogens is 509 g/mol. The molecule has 4 aromatic rings. The fourth-order valence-electron chi connectivity index (χ4n) is 3.63. The van der Waals surface area contributed by atoms with Crippen molar-refractivity contribution in [2.45, 2.75) is 45.4 Å². The third-order valence-electron chi connectivity index (χ3n) is 6.45. The molecule has 0 aliphatic carbocycles. The average molecular weight is 538 g/mol. The molecule has 0 radical (unpaired) electrons. The van der Waals surface area contributed by atoms with E-state index in [0.29, 0.717) is 6.54 Å². The number of nitrogens with one attached hydrogen (secondary N) is 1. The van der Waals surface area contributed by atoms with Crippen LogP contribution in [0.5, 0.6) is 5.75 Å². The van der Waals surface area contributed by atoms with E-state index in [1.807, 2.05) is 48.7 Å². The summed E-state index contributed by atoms with van der Waals surface area (Å²) < 4.78 is 19.7. The van der Waals surface area contributed by atoms with Gasteiger partial charge in [-0.2, -0.15) is 5.10 Å². The van der Waals surface area contributed by atoms with Gasteiger partial charge in [-0.3, -0.25) is 9.89 Å². The zero-order valence-electron chi connectivity index (χ0n) is 20.5. The molecule has 7 nitrogen and oxygen atoms in total. The number of rotatable bonds is 4. The molecule has 182 valence electrons. The first-order valence-electron chi connectivity index (χ1n) is 11.4. The Labute approximate surface area is 213 Å². The number of nitrogens with zero attached hydrogens (tertiary/aromatic N) is 2. The van der Waals surface area contributed by atoms with E-state index in [1.54, 1.807) is 30.0 Å². The second-order valence-electron chi connectivity index (χ2n) is 9.47. The predicted octanol–water partition coefficient (Wildman–Crippen LogP) is 4.53. The van der Waals surface area contributed by atoms with Crippen molar-refractivity contribution < 1.29 is 14.0 Å². The summed E-state index contributed by atoms with van der Waals surface area (Å²) >= 11 is 3.35. The quantitative estimate of drug-likeness (QED) is 0.387. The van der Waals surface area contributed by atoms with Gasteiger partial charge in [-0.1, -0.05) is 24.3 Å². The Hall–Kier alpha value is -2.88. The van der Waals surface area contributed by atoms with Gasteiger partial charge in [-0.05, 0) is 78.9 Å². The van der Waals surface area contributed by atoms with Crippen molar-refractivity contribution in [1.82, 2.24) is 14.8 Å². The zero-order valence-corrected chi connectivity index (χ0v) is 22.1. The topological polar surface area (TPSA) is 78.4 Å². The number of hydrogen-bond donors (Lipinski definition) is 1. The third-order valence-corrected chi connectivity index (χ3v) is 6.92. The van der Waals surface area contributed by atoms with Crippen molar-refractivity contribution in [1.29, 1.82) is 0 Å². The summed E-state index contributed by atoms with van der Waals surface area (Å²) in [5.74, 6) is 0.815. The summed E-state index contributed by atoms with van der Waals surface area (Å²) in [6.07, 6.45) is 3.59. The van der Waals surface area contributed by atoms with Crippen molar-refractivity contribution in [3.63, 3.8) is 0 Å². The van der Waals surface area contributed by atoms with E-state index >= 15 is 0 Å². The highest BCUT2D eigenvalue weighted by atomic mass is 79.9. The molecule has 2 aromatic heterocycles. The highest BCUT2D eigenvalue weighted by molar-refractivity contribution is 9.10. The normalized spacial score (nSPS) is 16.1. The molecule has 2 aromatic carbocycles. The molecule has 0 atom stereocenters. The molecular formula is C26H29BBrN3O4. The molecule has 1 fully saturated rings. The van der Waals surface area contributed by atoms with E-state index in [-0.39, 0.29) is 23.9 Å². The maximum Gasteiger partial charge on any atom is 0.494 e. The van der Waals surface area contributed by atoms with Gasteiger partial charge in [-0.15, -0.1) is 0 Å². The molecule has 0 unspecified atom stereocenters. The minimum Gasteiger partial charge on any atom is -0.497 e. The maximum atomic E-state index is 11.6. The summed E-state index contributed by atoms with van der Waals surface area (Å²) in [4.78, 5) is 11.6. The first-order chi connectivity index (χ1) is 16.6. The molecule has 5 rings (SSSR count). The number of hydrogen-bond acceptors (Lipinski definition) is 5. The summed E-state index contributed by atoms with van der Waals surface area (Å²) in [7, 11) is 1.32. The van der Waals surface area contributed by atoms with Crippen LogP contribution in [0.3, 0.4) is 0 Å². The Morgan fingerprint density at radius 3 is 2.37 bits per heavy atom. The van der Waals surface area contributed by atoms with E-state index < -0.39 is 0 Å². The van der Waals surface area contributed by atoms with E-state index in [0.717, 1.165) is 32.2 Å². The smallest absolute Gasteiger partial charge is 0.494 e. The fraction of sp³-hybridized carbons (Fsp3) is 0.308. The van der Waals surface area contributed by atoms with Crippen LogP contribution >= 0.6 is 15.9 Å². The van der Waals surface area contributed by atoms with Gasteiger partial charge in [0.25, 0.3) is 5.56 Å². The molecule has 0 spiro atoms. The first-order valence-corrected chi connectivity index (χ1v) is 12.1. The average Bonchev–Trinajstić information content (AvgIpc) is 3.37. The van der Waals surface area contributed by atoms with Crippen LogP contribution in [0.1, 0.15) is 33.3 Å². The van der Waals surface area contributed by atoms with Gasteiger partial charge in [0.15, 0.2) is 0 Å². The van der Waals surface area contributed by atoms with Crippen LogP contribution in [-0.4, -0.2) is 40.2 Å². The molecule has 9 heteroatoms. The number of halogens is 1. The molecule has 1 aliphatic heterocycles. The lowest BCUT2D eigenvalue weighted by molar-refractivity contribution is 0.00578. The number of methoxy groups -OCH3 is 1. The largest absolute Gasteiger partial charge is 0.497 e. The second-order valence-corrected chi connectivity index (χ2v) is 10.4. The molecule has 0 bridgehead atoms. The lowest BCUT2D eigenvalue weighted by Gasteiger charge is -2.32. The lowest BCUT2D eigenvalue weighted by atomic mass is 9.79. The van der Waals surface area contributed by atoms with Crippen LogP contribution in [0.2, 0.25) is 0 Å². The number of aromatic nitrogens is 3. The Morgan fingerprint density at radius 1 is 1.03 bits per heavy atom. The predicted molar refractivity (Wildman–Crippen MR) is 142 cm³/mol. The van der Waals surface area contributed by atoms with Crippen LogP contribution in [-0.2, 0) is 15.9 Å². The molecule has 1 saturated heterocycles. The number of benzene rings is 2. The van der Waals surface area contributed by atoms with Crippen molar-refractivity contribution in [2.24, 2.45) is 0 Å². The fourth-order valence-corrected chi connectivity index (χ4v) is 4.01. The van der Waals surface area contributed by atoms with Crippen LogP contribution in [0.4, 0.5) is 0 Å². The van der Waals surface area contributed by atoms with E-state index in [9.17, 15) is 4.79 Å². The van der Waals surface area contributed by atoms with Gasteiger partial charge >= 0.3 is 7.12 Å². The maximum absolute atomic E-state index is 11.6. The van der Waals surface area contributed by atoms with Gasteiger partial charge in [0.05, 0.1) is 36.6 Å². The van der Waals surface area contributed by atoms with E-state index in [1.165, 1.54) is 0 Å². The molecule has 1 N–H and O–H groups in total. The van der Waals surface area contributed by atoms with Gasteiger partial charge in [-0.25, -0.2) is 0 Å². The highest BCUT2D eigenvalue weighted by Gasteiger charge is 2.51. The van der Waals surface area contributed by atoms with Gasteiger partial charge in [0, 0.05) is 22.1 Å². The Balaban J connectivity index is 0.000000165. The molecule has 0 saturated carbocycles. The standard InChI is InChI=1S/C13H17BN2O2.C13H12BrNO2/c1-12(2)13(3,4)18-14(17-12)10-6-5-9-8-15-16-11(9)7-10;1-17-12-5-2-10(3-6-12)8-15-9-11(14)4-7-13(15)16/h5-8H,1-4H3,(H,15,16);2-7,9H,8H2,1H3. The summed E-state index contributed by atoms with van der Waals surface area (Å²) in [5, 5.41) is 8.08. The zero-order chi connectivity index (χ0) is 25.2. The Kier molecular flexibility index (Phi) is 7.21. The Bertz CT molecular complexity index is 1350. The van der Waals surface area contributed by atoms with Gasteiger partial charge in [0.2, 0.25) is 0 Å². The number of H-pyrrole nitrogens is 1. The number of aromatic amines is 1. The van der Waals surface area contributed by atoms with Gasteiger partial charge in [0.1, 0.15) is 5.75 Å². The van der Waals surface area contributed by atoms with Crippen LogP contribution in [0, 0.1) is 0 Å². The Morgan fingerprint density at radius 2 is 1.71 bits per heavy atom. The first kappa shape index (κ1) is 25.2. The lowest BCUT2D eigenvalue weighted by Crippen LogP contribution is -2.41. The number of pyridine rings is 1. The monoisotopic (exact) mass is 537 g/mol. The van der Waals surface area contributed by atoms with Crippen molar-refractivity contribution in [3.8, 4) is 5.75 Å². The molecule has 1 aliphatic rings. The van der Waals surface area contributed by atoms with Crippen molar-refractivity contribution >= 4 is 39.4 Å². The van der Waals surface area contributed by atoms with Crippen molar-refractivity contribution in [2.75, 3.05) is 7.11 Å². The number of fused-ring (bicyclic) bond motifs is 1. The van der Waals surface area contributed by atoms with Gasteiger partial charge < -0.3 is 18.6 Å². The minimum atomic E-state index is -0.317. The summed E-state index contributed by atoms with van der Waals surface area (Å²) in [6, 6.07) is 17.1. The third kappa shape index (κ3) is 5.69.